The molecule has 0 unspecified atom stereocenters. The standard InChI is InChI=1S/C23H29ClO4/c1-7-14(2)10-15(3)8-9-16-11-17-18(13-27-16)19-12-22(4,26-6)28-23(19,5)21(25)20(17)24/h8-11,13-14,19H,7,12H2,1-6H3/b9-8+,15-10+/t14-,19+,22+,23+/m0/s1. The van der Waals surface area contributed by atoms with Gasteiger partial charge in [0.25, 0.3) is 0 Å². The molecule has 1 saturated heterocycles. The first-order valence-corrected chi connectivity index (χ1v) is 10.2. The van der Waals surface area contributed by atoms with E-state index in [0.717, 1.165) is 12.0 Å². The van der Waals surface area contributed by atoms with Crippen LogP contribution in [-0.2, 0) is 19.0 Å². The quantitative estimate of drug-likeness (QED) is 0.562. The third-order valence-electron chi connectivity index (χ3n) is 5.98. The van der Waals surface area contributed by atoms with Crippen LogP contribution in [0.3, 0.4) is 0 Å². The first-order valence-electron chi connectivity index (χ1n) is 9.78. The molecule has 0 aromatic heterocycles. The molecular weight excluding hydrogens is 376 g/mol. The lowest BCUT2D eigenvalue weighted by molar-refractivity contribution is -0.221. The van der Waals surface area contributed by atoms with Gasteiger partial charge >= 0.3 is 0 Å². The van der Waals surface area contributed by atoms with Crippen LogP contribution >= 0.6 is 11.6 Å². The van der Waals surface area contributed by atoms with Crippen molar-refractivity contribution in [2.75, 3.05) is 7.11 Å². The van der Waals surface area contributed by atoms with E-state index in [1.807, 2.05) is 25.2 Å². The van der Waals surface area contributed by atoms with Crippen LogP contribution in [0.5, 0.6) is 0 Å². The molecule has 0 saturated carbocycles. The van der Waals surface area contributed by atoms with E-state index in [9.17, 15) is 4.79 Å². The van der Waals surface area contributed by atoms with E-state index in [1.165, 1.54) is 5.57 Å². The highest BCUT2D eigenvalue weighted by Gasteiger charge is 2.60. The van der Waals surface area contributed by atoms with Crippen molar-refractivity contribution in [3.05, 3.63) is 58.1 Å². The van der Waals surface area contributed by atoms with Crippen LogP contribution in [-0.4, -0.2) is 24.3 Å². The van der Waals surface area contributed by atoms with Crippen molar-refractivity contribution in [1.29, 1.82) is 0 Å². The lowest BCUT2D eigenvalue weighted by Crippen LogP contribution is -2.46. The molecule has 0 aromatic rings. The van der Waals surface area contributed by atoms with Crippen molar-refractivity contribution in [2.45, 2.75) is 58.8 Å². The third kappa shape index (κ3) is 3.66. The topological polar surface area (TPSA) is 44.8 Å². The zero-order valence-electron chi connectivity index (χ0n) is 17.5. The molecule has 3 rings (SSSR count). The molecular formula is C23H29ClO4. The van der Waals surface area contributed by atoms with E-state index < -0.39 is 11.4 Å². The number of rotatable bonds is 5. The maximum absolute atomic E-state index is 13.0. The Morgan fingerprint density at radius 2 is 2.18 bits per heavy atom. The summed E-state index contributed by atoms with van der Waals surface area (Å²) in [5, 5.41) is 0.187. The molecule has 0 N–H and O–H groups in total. The Morgan fingerprint density at radius 3 is 2.82 bits per heavy atom. The second kappa shape index (κ2) is 7.66. The van der Waals surface area contributed by atoms with Crippen LogP contribution in [0, 0.1) is 11.8 Å². The molecule has 2 aliphatic heterocycles. The van der Waals surface area contributed by atoms with Gasteiger partial charge in [-0.1, -0.05) is 49.6 Å². The van der Waals surface area contributed by atoms with E-state index in [-0.39, 0.29) is 16.7 Å². The Morgan fingerprint density at radius 1 is 1.46 bits per heavy atom. The number of ether oxygens (including phenoxy) is 3. The lowest BCUT2D eigenvalue weighted by Gasteiger charge is -2.36. The SMILES string of the molecule is CC[C@H](C)/C=C(C)/C=C/C1=CC2=C(Cl)C(=O)[C@]3(C)O[C@@](C)(OC)C[C@@H]3C2=CO1. The molecule has 4 atom stereocenters. The van der Waals surface area contributed by atoms with Gasteiger partial charge in [0.05, 0.1) is 11.3 Å². The fraction of sp³-hybridized carbons (Fsp3) is 0.522. The van der Waals surface area contributed by atoms with E-state index in [1.54, 1.807) is 20.3 Å². The van der Waals surface area contributed by atoms with Crippen LogP contribution in [0.1, 0.15) is 47.5 Å². The van der Waals surface area contributed by atoms with Crippen LogP contribution in [0.4, 0.5) is 0 Å². The summed E-state index contributed by atoms with van der Waals surface area (Å²) < 4.78 is 17.4. The van der Waals surface area contributed by atoms with Crippen molar-refractivity contribution >= 4 is 17.4 Å². The van der Waals surface area contributed by atoms with Gasteiger partial charge in [0.2, 0.25) is 5.78 Å². The van der Waals surface area contributed by atoms with Gasteiger partial charge < -0.3 is 14.2 Å². The number of hydrogen-bond acceptors (Lipinski definition) is 4. The number of fused-ring (bicyclic) bond motifs is 3. The van der Waals surface area contributed by atoms with E-state index in [0.29, 0.717) is 23.7 Å². The third-order valence-corrected chi connectivity index (χ3v) is 6.36. The fourth-order valence-corrected chi connectivity index (χ4v) is 4.39. The highest BCUT2D eigenvalue weighted by atomic mass is 35.5. The zero-order valence-corrected chi connectivity index (χ0v) is 18.2. The van der Waals surface area contributed by atoms with Gasteiger partial charge in [-0.05, 0) is 38.8 Å². The minimum Gasteiger partial charge on any atom is -0.465 e. The second-order valence-corrected chi connectivity index (χ2v) is 8.61. The van der Waals surface area contributed by atoms with Crippen molar-refractivity contribution < 1.29 is 19.0 Å². The summed E-state index contributed by atoms with van der Waals surface area (Å²) in [6, 6.07) is 0. The normalized spacial score (nSPS) is 34.0. The minimum absolute atomic E-state index is 0.170. The molecule has 1 aliphatic carbocycles. The number of Topliss-reactive ketones (excluding diaryl/α,β-unsaturated/α-hetero) is 1. The number of halogens is 1. The monoisotopic (exact) mass is 404 g/mol. The predicted octanol–water partition coefficient (Wildman–Crippen LogP) is 5.57. The summed E-state index contributed by atoms with van der Waals surface area (Å²) >= 11 is 6.48. The van der Waals surface area contributed by atoms with Crippen molar-refractivity contribution in [1.82, 2.24) is 0 Å². The molecule has 28 heavy (non-hydrogen) atoms. The highest BCUT2D eigenvalue weighted by Crippen LogP contribution is 2.54. The van der Waals surface area contributed by atoms with Crippen molar-refractivity contribution in [3.63, 3.8) is 0 Å². The van der Waals surface area contributed by atoms with Gasteiger partial charge in [-0.15, -0.1) is 0 Å². The summed E-state index contributed by atoms with van der Waals surface area (Å²) in [7, 11) is 1.59. The smallest absolute Gasteiger partial charge is 0.207 e. The Kier molecular flexibility index (Phi) is 5.77. The van der Waals surface area contributed by atoms with E-state index >= 15 is 0 Å². The Hall–Kier alpha value is -1.62. The molecule has 4 nitrogen and oxygen atoms in total. The maximum atomic E-state index is 13.0. The van der Waals surface area contributed by atoms with Gasteiger partial charge in [-0.25, -0.2) is 0 Å². The van der Waals surface area contributed by atoms with Crippen molar-refractivity contribution in [3.8, 4) is 0 Å². The molecule has 0 radical (unpaired) electrons. The van der Waals surface area contributed by atoms with Gasteiger partial charge in [0, 0.05) is 30.6 Å². The summed E-state index contributed by atoms with van der Waals surface area (Å²) in [4.78, 5) is 13.0. The number of hydrogen-bond donors (Lipinski definition) is 0. The molecule has 0 amide bonds. The average Bonchev–Trinajstić information content (AvgIpc) is 2.97. The molecule has 0 bridgehead atoms. The first-order chi connectivity index (χ1) is 13.1. The molecule has 2 heterocycles. The van der Waals surface area contributed by atoms with Crippen molar-refractivity contribution in [2.24, 2.45) is 11.8 Å². The number of allylic oxidation sites excluding steroid dienone is 6. The van der Waals surface area contributed by atoms with E-state index in [4.69, 9.17) is 25.8 Å². The van der Waals surface area contributed by atoms with Gasteiger partial charge in [0.1, 0.15) is 11.4 Å². The fourth-order valence-electron chi connectivity index (χ4n) is 4.04. The summed E-state index contributed by atoms with van der Waals surface area (Å²) in [6.07, 6.45) is 11.3. The Labute approximate surface area is 172 Å². The van der Waals surface area contributed by atoms with Crippen LogP contribution in [0.15, 0.2) is 58.1 Å². The van der Waals surface area contributed by atoms with Gasteiger partial charge in [-0.3, -0.25) is 4.79 Å². The maximum Gasteiger partial charge on any atom is 0.207 e. The van der Waals surface area contributed by atoms with E-state index in [2.05, 4.69) is 26.8 Å². The van der Waals surface area contributed by atoms with Gasteiger partial charge in [-0.2, -0.15) is 0 Å². The van der Waals surface area contributed by atoms with Crippen LogP contribution in [0.2, 0.25) is 0 Å². The number of carbonyl (C=O) groups is 1. The molecule has 152 valence electrons. The van der Waals surface area contributed by atoms with Crippen LogP contribution in [0.25, 0.3) is 0 Å². The first kappa shape index (κ1) is 21.1. The molecule has 3 aliphatic rings. The molecule has 1 fully saturated rings. The van der Waals surface area contributed by atoms with Crippen LogP contribution < -0.4 is 0 Å². The number of ketones is 1. The summed E-state index contributed by atoms with van der Waals surface area (Å²) in [6.45, 7) is 10.1. The zero-order chi connectivity index (χ0) is 20.7. The predicted molar refractivity (Wildman–Crippen MR) is 111 cm³/mol. The summed E-state index contributed by atoms with van der Waals surface area (Å²) in [5.74, 6) is -0.0263. The highest BCUT2D eigenvalue weighted by molar-refractivity contribution is 6.45. The summed E-state index contributed by atoms with van der Waals surface area (Å²) in [5.41, 5.74) is 1.72. The lowest BCUT2D eigenvalue weighted by atomic mass is 9.72. The molecule has 5 heteroatoms. The largest absolute Gasteiger partial charge is 0.465 e. The minimum atomic E-state index is -1.04. The Bertz CT molecular complexity index is 832. The number of carbonyl (C=O) groups excluding carboxylic acids is 1. The Balaban J connectivity index is 1.90. The second-order valence-electron chi connectivity index (χ2n) is 8.23. The van der Waals surface area contributed by atoms with Gasteiger partial charge in [0.15, 0.2) is 5.79 Å². The average molecular weight is 405 g/mol. The molecule has 0 spiro atoms. The molecule has 0 aromatic carbocycles. The number of methoxy groups -OCH3 is 1.